The maximum absolute atomic E-state index is 17.1. The number of hydrogen-bond acceptors (Lipinski definition) is 9. The number of benzene rings is 2. The van der Waals surface area contributed by atoms with E-state index in [9.17, 15) is 8.78 Å². The van der Waals surface area contributed by atoms with Gasteiger partial charge in [-0.15, -0.1) is 6.42 Å². The number of ether oxygens (including phenoxy) is 3. The van der Waals surface area contributed by atoms with Gasteiger partial charge in [0.05, 0.1) is 17.6 Å². The van der Waals surface area contributed by atoms with E-state index in [-0.39, 0.29) is 58.2 Å². The quantitative estimate of drug-likeness (QED) is 0.114. The van der Waals surface area contributed by atoms with E-state index in [0.29, 0.717) is 73.4 Å². The van der Waals surface area contributed by atoms with Crippen molar-refractivity contribution in [3.8, 4) is 35.4 Å². The van der Waals surface area contributed by atoms with Crippen LogP contribution in [0, 0.1) is 29.4 Å². The molecule has 1 N–H and O–H groups in total. The predicted octanol–water partition coefficient (Wildman–Crippen LogP) is 6.43. The molecule has 0 amide bonds. The number of rotatable bonds is 10. The van der Waals surface area contributed by atoms with E-state index >= 15 is 8.78 Å². The van der Waals surface area contributed by atoms with Crippen LogP contribution in [0.25, 0.3) is 32.9 Å². The lowest BCUT2D eigenvalue weighted by Gasteiger charge is -2.34. The van der Waals surface area contributed by atoms with E-state index in [1.807, 2.05) is 0 Å². The van der Waals surface area contributed by atoms with Crippen LogP contribution >= 0.6 is 0 Å². The number of likely N-dealkylation sites (tertiary alicyclic amines) is 1. The van der Waals surface area contributed by atoms with Crippen molar-refractivity contribution in [2.24, 2.45) is 5.41 Å². The molecule has 51 heavy (non-hydrogen) atoms. The third kappa shape index (κ3) is 6.56. The molecule has 0 radical (unpaired) electrons. The molecule has 2 atom stereocenters. The molecule has 1 saturated carbocycles. The molecule has 266 valence electrons. The molecule has 2 aromatic carbocycles. The van der Waals surface area contributed by atoms with Crippen molar-refractivity contribution in [1.29, 1.82) is 0 Å². The number of piperidine rings is 1. The number of terminal acetylenes is 1. The molecule has 4 fully saturated rings. The first-order valence-corrected chi connectivity index (χ1v) is 17.3. The summed E-state index contributed by atoms with van der Waals surface area (Å²) in [5.74, 6) is 1.99. The average Bonchev–Trinajstić information content (AvgIpc) is 3.82. The van der Waals surface area contributed by atoms with Crippen LogP contribution in [0.2, 0.25) is 0 Å². The molecular formula is C38H38F4N6O3. The van der Waals surface area contributed by atoms with Gasteiger partial charge in [-0.25, -0.2) is 8.78 Å². The van der Waals surface area contributed by atoms with Gasteiger partial charge in [-0.05, 0) is 67.7 Å². The summed E-state index contributed by atoms with van der Waals surface area (Å²) in [7, 11) is 1.49. The Kier molecular flexibility index (Phi) is 8.94. The van der Waals surface area contributed by atoms with E-state index in [4.69, 9.17) is 25.6 Å². The number of methoxy groups -OCH3 is 1. The lowest BCUT2D eigenvalue weighted by molar-refractivity contribution is 0.0512. The van der Waals surface area contributed by atoms with Crippen LogP contribution in [0.5, 0.6) is 11.8 Å². The van der Waals surface area contributed by atoms with Gasteiger partial charge in [0.15, 0.2) is 12.6 Å². The molecule has 1 aliphatic carbocycles. The number of piperazine rings is 1. The zero-order chi connectivity index (χ0) is 35.3. The fourth-order valence-corrected chi connectivity index (χ4v) is 7.82. The van der Waals surface area contributed by atoms with Gasteiger partial charge < -0.3 is 29.3 Å². The number of anilines is 1. The summed E-state index contributed by atoms with van der Waals surface area (Å²) in [5.41, 5.74) is 0.268. The molecule has 8 rings (SSSR count). The molecule has 4 aromatic rings. The number of nitrogens with zero attached hydrogens (tertiary/aromatic N) is 5. The maximum atomic E-state index is 17.1. The van der Waals surface area contributed by atoms with E-state index in [1.54, 1.807) is 24.4 Å². The molecule has 3 saturated heterocycles. The van der Waals surface area contributed by atoms with E-state index < -0.39 is 17.7 Å². The van der Waals surface area contributed by atoms with Crippen molar-refractivity contribution in [2.75, 3.05) is 58.1 Å². The average molecular weight is 703 g/mol. The summed E-state index contributed by atoms with van der Waals surface area (Å²) in [4.78, 5) is 18.4. The van der Waals surface area contributed by atoms with Crippen LogP contribution in [0.1, 0.15) is 44.1 Å². The van der Waals surface area contributed by atoms with Gasteiger partial charge in [0, 0.05) is 74.5 Å². The first-order chi connectivity index (χ1) is 24.7. The topological polar surface area (TPSA) is 84.9 Å². The Balaban J connectivity index is 1.18. The van der Waals surface area contributed by atoms with Crippen LogP contribution in [-0.4, -0.2) is 85.2 Å². The van der Waals surface area contributed by atoms with Gasteiger partial charge >= 0.3 is 6.01 Å². The molecule has 2 aromatic heterocycles. The number of halogens is 4. The Bertz CT molecular complexity index is 2060. The largest absolute Gasteiger partial charge is 0.468 e. The zero-order valence-corrected chi connectivity index (χ0v) is 28.3. The molecule has 0 spiro atoms. The summed E-state index contributed by atoms with van der Waals surface area (Å²) in [6, 6.07) is 6.71. The Hall–Kier alpha value is -4.51. The van der Waals surface area contributed by atoms with Crippen LogP contribution in [0.4, 0.5) is 23.4 Å². The zero-order valence-electron chi connectivity index (χ0n) is 28.3. The van der Waals surface area contributed by atoms with Crippen molar-refractivity contribution >= 4 is 27.5 Å². The Morgan fingerprint density at radius 2 is 1.82 bits per heavy atom. The fourth-order valence-electron chi connectivity index (χ4n) is 7.82. The van der Waals surface area contributed by atoms with Crippen LogP contribution < -0.4 is 19.7 Å². The van der Waals surface area contributed by atoms with E-state index in [1.165, 1.54) is 13.2 Å². The minimum atomic E-state index is -1.56. The molecule has 3 aliphatic heterocycles. The summed E-state index contributed by atoms with van der Waals surface area (Å²) in [6.45, 7) is 3.52. The highest BCUT2D eigenvalue weighted by Crippen LogP contribution is 2.47. The number of hydrogen-bond donors (Lipinski definition) is 1. The molecule has 2 bridgehead atoms. The molecule has 9 nitrogen and oxygen atoms in total. The van der Waals surface area contributed by atoms with Crippen LogP contribution in [0.3, 0.4) is 0 Å². The lowest BCUT2D eigenvalue weighted by Crippen LogP contribution is -2.51. The van der Waals surface area contributed by atoms with Gasteiger partial charge in [-0.2, -0.15) is 18.7 Å². The van der Waals surface area contributed by atoms with Gasteiger partial charge in [0.2, 0.25) is 0 Å². The normalized spacial score (nSPS) is 21.3. The number of aromatic nitrogens is 3. The highest BCUT2D eigenvalue weighted by Gasteiger charge is 2.45. The highest BCUT2D eigenvalue weighted by molar-refractivity contribution is 6.03. The van der Waals surface area contributed by atoms with Crippen molar-refractivity contribution < 1.29 is 31.8 Å². The Morgan fingerprint density at radius 3 is 2.51 bits per heavy atom. The van der Waals surface area contributed by atoms with Gasteiger partial charge in [-0.3, -0.25) is 4.98 Å². The fraction of sp³-hybridized carbons (Fsp3) is 0.447. The van der Waals surface area contributed by atoms with Crippen LogP contribution in [-0.2, 0) is 4.74 Å². The van der Waals surface area contributed by atoms with Crippen molar-refractivity contribution in [3.63, 3.8) is 0 Å². The maximum Gasteiger partial charge on any atom is 0.319 e. The van der Waals surface area contributed by atoms with Gasteiger partial charge in [0.25, 0.3) is 6.08 Å². The predicted molar refractivity (Wildman–Crippen MR) is 185 cm³/mol. The first-order valence-electron chi connectivity index (χ1n) is 17.3. The van der Waals surface area contributed by atoms with Gasteiger partial charge in [-0.1, -0.05) is 12.0 Å². The van der Waals surface area contributed by atoms with Crippen LogP contribution in [0.15, 0.2) is 42.1 Å². The van der Waals surface area contributed by atoms with Crippen molar-refractivity contribution in [3.05, 3.63) is 59.3 Å². The van der Waals surface area contributed by atoms with E-state index in [2.05, 4.69) is 31.0 Å². The lowest BCUT2D eigenvalue weighted by atomic mass is 9.95. The van der Waals surface area contributed by atoms with E-state index in [0.717, 1.165) is 32.2 Å². The molecule has 2 unspecified atom stereocenters. The third-order valence-electron chi connectivity index (χ3n) is 10.7. The molecule has 4 aliphatic rings. The summed E-state index contributed by atoms with van der Waals surface area (Å²) in [6.07, 6.45) is 10.4. The SMILES string of the molecule is C#Cc1c(F)ccc2cc(OCOC)cc(-c3ncc4c(N5CC6CCC(C5)N6)nc(OCC5(CN6CCC(=C(F)F)CC6)CC5)nc4c3F)c12. The van der Waals surface area contributed by atoms with Crippen molar-refractivity contribution in [1.82, 2.24) is 25.2 Å². The monoisotopic (exact) mass is 702 g/mol. The number of fused-ring (bicyclic) bond motifs is 4. The standard InChI is InChI=1S/C38H38F4N6O3/c1-3-27-30(39)7-4-23-14-26(51-21-49-2)15-28(31(23)27)33-32(40)34-29(16-43-33)36(48-17-24-5-6-25(18-48)44-24)46-37(45-34)50-20-38(10-11-38)19-47-12-8-22(9-13-47)35(41)42/h1,4,7,14-16,24-25,44H,5-6,8-13,17-21H2,2H3. The summed E-state index contributed by atoms with van der Waals surface area (Å²) in [5, 5.41) is 4.93. The van der Waals surface area contributed by atoms with Gasteiger partial charge in [0.1, 0.15) is 28.6 Å². The second kappa shape index (κ2) is 13.6. The molecular weight excluding hydrogens is 664 g/mol. The highest BCUT2D eigenvalue weighted by atomic mass is 19.3. The minimum absolute atomic E-state index is 0.0173. The second-order valence-corrected chi connectivity index (χ2v) is 14.2. The minimum Gasteiger partial charge on any atom is -0.468 e. The Labute approximate surface area is 293 Å². The second-order valence-electron chi connectivity index (χ2n) is 14.2. The smallest absolute Gasteiger partial charge is 0.319 e. The molecule has 5 heterocycles. The Morgan fingerprint density at radius 1 is 1.06 bits per heavy atom. The third-order valence-corrected chi connectivity index (χ3v) is 10.7. The summed E-state index contributed by atoms with van der Waals surface area (Å²) < 4.78 is 75.5. The summed E-state index contributed by atoms with van der Waals surface area (Å²) >= 11 is 0. The number of nitrogens with one attached hydrogen (secondary N) is 1. The number of pyridine rings is 1. The first kappa shape index (κ1) is 33.6. The van der Waals surface area contributed by atoms with Crippen molar-refractivity contribution in [2.45, 2.75) is 50.6 Å². The molecule has 13 heteroatoms.